The van der Waals surface area contributed by atoms with E-state index >= 15 is 0 Å². The first-order valence-corrected chi connectivity index (χ1v) is 24.1. The number of benzene rings is 2. The predicted molar refractivity (Wildman–Crippen MR) is 141 cm³/mol. The smallest absolute Gasteiger partial charge is 1.00 e. The summed E-state index contributed by atoms with van der Waals surface area (Å²) in [5.41, 5.74) is 4.40. The van der Waals surface area contributed by atoms with Gasteiger partial charge in [0.2, 0.25) is 0 Å². The van der Waals surface area contributed by atoms with E-state index in [2.05, 4.69) is 106 Å². The van der Waals surface area contributed by atoms with Gasteiger partial charge in [-0.1, -0.05) is 0 Å². The van der Waals surface area contributed by atoms with E-state index in [1.165, 1.54) is 27.1 Å². The molecule has 1 amide bonds. The zero-order valence-electron chi connectivity index (χ0n) is 22.0. The summed E-state index contributed by atoms with van der Waals surface area (Å²) in [7, 11) is 0. The van der Waals surface area contributed by atoms with Gasteiger partial charge >= 0.3 is 211 Å². The Bertz CT molecular complexity index is 970. The van der Waals surface area contributed by atoms with Gasteiger partial charge in [-0.3, -0.25) is 0 Å². The summed E-state index contributed by atoms with van der Waals surface area (Å²) >= 11 is -2.84. The van der Waals surface area contributed by atoms with Gasteiger partial charge in [-0.05, 0) is 0 Å². The number of allylic oxidation sites excluding steroid dienone is 4. The van der Waals surface area contributed by atoms with Crippen molar-refractivity contribution in [3.05, 3.63) is 80.7 Å². The molecule has 0 fully saturated rings. The maximum Gasteiger partial charge on any atom is -1.00 e. The molecular weight excluding hydrogens is 656 g/mol. The molecule has 0 aliphatic heterocycles. The van der Waals surface area contributed by atoms with Crippen molar-refractivity contribution in [3.8, 4) is 0 Å². The molecule has 0 bridgehead atoms. The normalized spacial score (nSPS) is 16.0. The van der Waals surface area contributed by atoms with E-state index in [1.54, 1.807) is 3.33 Å². The average Bonchev–Trinajstić information content (AvgIpc) is 3.03. The zero-order valence-corrected chi connectivity index (χ0v) is 28.3. The first-order valence-electron chi connectivity index (χ1n) is 12.6. The van der Waals surface area contributed by atoms with Crippen LogP contribution in [0.3, 0.4) is 0 Å². The Balaban J connectivity index is 0.00000306. The first kappa shape index (κ1) is 32.1. The van der Waals surface area contributed by atoms with Crippen LogP contribution in [-0.2, 0) is 25.7 Å². The average molecular weight is 696 g/mol. The van der Waals surface area contributed by atoms with Crippen molar-refractivity contribution >= 4 is 22.3 Å². The van der Waals surface area contributed by atoms with Crippen LogP contribution in [0.4, 0.5) is 0 Å². The van der Waals surface area contributed by atoms with E-state index in [0.29, 0.717) is 11.8 Å². The minimum atomic E-state index is -2.84. The Morgan fingerprint density at radius 2 is 1.43 bits per heavy atom. The van der Waals surface area contributed by atoms with Crippen LogP contribution < -0.4 is 38.5 Å². The molecule has 2 atom stereocenters. The number of carbonyl (C=O) groups is 1. The van der Waals surface area contributed by atoms with Gasteiger partial charge < -0.3 is 24.8 Å². The standard InChI is InChI=1S/C12H11Si.C9H13.C8H17NO.2ClH.Hf/c1-3-7-11(8-4-1)13-12-9-5-2-6-10-12;1-6-5-7(2)9(4)8(6)3;1-3-5-6-7(4-2)8(9)10;;;/h1-10,13H;6H,1-4H3;7H,3-6H2,1-2H3,(H2,9,10);2*1H;/q;;;;;+3/p-3. The van der Waals surface area contributed by atoms with Gasteiger partial charge in [0.05, 0.1) is 0 Å². The van der Waals surface area contributed by atoms with Gasteiger partial charge in [0.1, 0.15) is 0 Å². The summed E-state index contributed by atoms with van der Waals surface area (Å²) in [6.45, 7) is 13.6. The van der Waals surface area contributed by atoms with Crippen molar-refractivity contribution in [2.75, 3.05) is 0 Å². The van der Waals surface area contributed by atoms with Gasteiger partial charge in [-0.15, -0.1) is 0 Å². The third-order valence-corrected chi connectivity index (χ3v) is 34.2. The van der Waals surface area contributed by atoms with Crippen LogP contribution >= 0.6 is 0 Å². The van der Waals surface area contributed by atoms with Gasteiger partial charge in [0, 0.05) is 0 Å². The van der Waals surface area contributed by atoms with E-state index in [1.807, 2.05) is 0 Å². The van der Waals surface area contributed by atoms with Gasteiger partial charge in [0.15, 0.2) is 0 Å². The minimum Gasteiger partial charge on any atom is -1.00 e. The molecule has 1 aliphatic rings. The molecule has 0 aromatic heterocycles. The van der Waals surface area contributed by atoms with Crippen molar-refractivity contribution < 1.29 is 50.5 Å². The third-order valence-electron chi connectivity index (χ3n) is 7.51. The topological polar surface area (TPSA) is 29.1 Å². The fraction of sp³-hybridized carbons (Fsp3) is 0.414. The second-order valence-electron chi connectivity index (χ2n) is 9.47. The second kappa shape index (κ2) is 15.3. The molecule has 2 unspecified atom stereocenters. The molecule has 1 N–H and O–H groups in total. The number of hydrogen-bond acceptors (Lipinski definition) is 1. The van der Waals surface area contributed by atoms with E-state index in [4.69, 9.17) is 0 Å². The van der Waals surface area contributed by atoms with Crippen LogP contribution in [0.5, 0.6) is 0 Å². The Labute approximate surface area is 234 Å². The van der Waals surface area contributed by atoms with E-state index < -0.39 is 26.9 Å². The molecular formula is C29H40Cl2HfNOSi. The van der Waals surface area contributed by atoms with Crippen LogP contribution in [0.1, 0.15) is 67.2 Å². The van der Waals surface area contributed by atoms with Gasteiger partial charge in [-0.25, -0.2) is 0 Å². The number of hydrogen-bond donors (Lipinski definition) is 1. The molecule has 3 rings (SSSR count). The maximum atomic E-state index is 13.7. The van der Waals surface area contributed by atoms with Crippen molar-refractivity contribution in [2.24, 2.45) is 11.8 Å². The molecule has 35 heavy (non-hydrogen) atoms. The fourth-order valence-corrected chi connectivity index (χ4v) is 35.8. The van der Waals surface area contributed by atoms with Gasteiger partial charge in [-0.2, -0.15) is 0 Å². The van der Waals surface area contributed by atoms with Crippen molar-refractivity contribution in [1.29, 1.82) is 0 Å². The number of unbranched alkanes of at least 4 members (excludes halogenated alkanes) is 1. The van der Waals surface area contributed by atoms with Crippen LogP contribution in [-0.4, -0.2) is 11.9 Å². The number of amides is 1. The molecule has 6 heteroatoms. The summed E-state index contributed by atoms with van der Waals surface area (Å²) in [4.78, 5) is 13.7. The first-order chi connectivity index (χ1) is 15.9. The molecule has 0 radical (unpaired) electrons. The molecule has 0 saturated carbocycles. The number of carbonyl (C=O) groups excluding carboxylic acids is 1. The van der Waals surface area contributed by atoms with Crippen molar-refractivity contribution in [3.63, 3.8) is 0 Å². The summed E-state index contributed by atoms with van der Waals surface area (Å²) in [6, 6.07) is 22.2. The van der Waals surface area contributed by atoms with E-state index in [9.17, 15) is 4.79 Å². The molecule has 1 aliphatic carbocycles. The summed E-state index contributed by atoms with van der Waals surface area (Å²) < 4.78 is 5.51. The molecule has 0 saturated heterocycles. The Morgan fingerprint density at radius 1 is 0.914 bits per heavy atom. The second-order valence-corrected chi connectivity index (χ2v) is 28.4. The van der Waals surface area contributed by atoms with Crippen molar-refractivity contribution in [2.45, 2.75) is 67.2 Å². The number of nitrogens with one attached hydrogen (secondary N) is 1. The van der Waals surface area contributed by atoms with Crippen LogP contribution in [0.2, 0.25) is 0 Å². The third kappa shape index (κ3) is 7.53. The number of rotatable bonds is 10. The Morgan fingerprint density at radius 3 is 1.83 bits per heavy atom. The zero-order chi connectivity index (χ0) is 24.0. The monoisotopic (exact) mass is 696 g/mol. The summed E-state index contributed by atoms with van der Waals surface area (Å²) in [6.07, 6.45) is 4.21. The van der Waals surface area contributed by atoms with Crippen LogP contribution in [0, 0.1) is 11.8 Å². The summed E-state index contributed by atoms with van der Waals surface area (Å²) in [5.74, 6) is -0.675. The molecule has 0 heterocycles. The fourth-order valence-electron chi connectivity index (χ4n) is 5.12. The quantitative estimate of drug-likeness (QED) is 0.339. The molecule has 0 spiro atoms. The van der Waals surface area contributed by atoms with Crippen molar-refractivity contribution in [1.82, 2.24) is 3.30 Å². The molecule has 189 valence electrons. The maximum absolute atomic E-state index is 13.7. The largest absolute Gasteiger partial charge is 1.00 e. The Hall–Kier alpha value is -0.943. The minimum absolute atomic E-state index is 0. The summed E-state index contributed by atoms with van der Waals surface area (Å²) in [5, 5.41) is 2.95. The predicted octanol–water partition coefficient (Wildman–Crippen LogP) is -0.341. The van der Waals surface area contributed by atoms with Crippen LogP contribution in [0.15, 0.2) is 80.7 Å². The Kier molecular flexibility index (Phi) is 14.1. The number of halogens is 2. The van der Waals surface area contributed by atoms with E-state index in [-0.39, 0.29) is 30.7 Å². The SMILES string of the molecule is CCCCC(CC)C(=O)[NH][Hf+2]([C]1=C(C)C(C)=C(C)C1C)[SiH](c1ccccc1)c1ccccc1.[Cl-].[Cl-]. The van der Waals surface area contributed by atoms with E-state index in [0.717, 1.165) is 25.7 Å². The van der Waals surface area contributed by atoms with Gasteiger partial charge in [0.25, 0.3) is 0 Å². The molecule has 2 aromatic carbocycles. The molecule has 2 nitrogen and oxygen atoms in total. The molecule has 2 aromatic rings. The van der Waals surface area contributed by atoms with Crippen LogP contribution in [0.25, 0.3) is 0 Å².